The molecule has 2 aromatic carbocycles. The molecule has 0 radical (unpaired) electrons. The first-order valence-corrected chi connectivity index (χ1v) is 34.6. The van der Waals surface area contributed by atoms with Gasteiger partial charge in [0, 0.05) is 83.3 Å². The normalized spacial score (nSPS) is 14.7. The fraction of sp³-hybridized carbons (Fsp3) is 0.492. The number of fused-ring (bicyclic) bond motifs is 2. The van der Waals surface area contributed by atoms with Gasteiger partial charge in [0.15, 0.2) is 0 Å². The van der Waals surface area contributed by atoms with E-state index in [9.17, 15) is 72.2 Å². The second-order valence-electron chi connectivity index (χ2n) is 25.0. The number of hydrogen-bond donors (Lipinski definition) is 17. The minimum Gasteiger partial charge on any atom is -0.481 e. The summed E-state index contributed by atoms with van der Waals surface area (Å²) >= 11 is 0. The van der Waals surface area contributed by atoms with Crippen LogP contribution >= 0.6 is 21.6 Å². The molecule has 0 aliphatic rings. The van der Waals surface area contributed by atoms with Crippen LogP contribution in [0.25, 0.3) is 21.8 Å². The second kappa shape index (κ2) is 39.7. The van der Waals surface area contributed by atoms with E-state index in [-0.39, 0.29) is 55.4 Å². The molecule has 0 unspecified atom stereocenters. The maximum absolute atomic E-state index is 14.5. The van der Waals surface area contributed by atoms with Crippen molar-refractivity contribution in [3.05, 3.63) is 90.3 Å². The summed E-state index contributed by atoms with van der Waals surface area (Å²) in [5.74, 6) is -12.3. The maximum atomic E-state index is 14.5. The monoisotopic (exact) mass is 1410 g/mol. The highest BCUT2D eigenvalue weighted by molar-refractivity contribution is 8.76. The summed E-state index contributed by atoms with van der Waals surface area (Å²) in [6.45, 7) is 10.9. The predicted molar refractivity (Wildman–Crippen MR) is 368 cm³/mol. The molecular formula is C65H90N16O16S2. The molecular weight excluding hydrogens is 1320 g/mol. The van der Waals surface area contributed by atoms with Gasteiger partial charge in [-0.1, -0.05) is 99.5 Å². The molecule has 3 heterocycles. The topological polar surface area (TPSA) is 512 Å². The molecule has 0 aliphatic heterocycles. The lowest BCUT2D eigenvalue weighted by molar-refractivity contribution is -0.139. The third kappa shape index (κ3) is 26.3. The molecule has 5 aromatic rings. The number of rotatable bonds is 43. The number of amides is 10. The Hall–Kier alpha value is -9.67. The summed E-state index contributed by atoms with van der Waals surface area (Å²) in [5, 5.41) is 46.2. The van der Waals surface area contributed by atoms with E-state index in [1.165, 1.54) is 19.4 Å². The molecule has 3 aromatic heterocycles. The van der Waals surface area contributed by atoms with Gasteiger partial charge in [0.1, 0.15) is 54.9 Å². The molecule has 0 spiro atoms. The van der Waals surface area contributed by atoms with E-state index in [4.69, 9.17) is 16.6 Å². The number of para-hydroxylation sites is 2. The standard InChI is InChI=1S/C65H90N16O16S2/c1-33(2)18-48(77-63(95)52(22-39-26-68-32-72-39)79-62(94)51(76-57(89)36(7)66)21-38-25-70-46-15-11-9-13-43(38)46)59(91)71-27-53(84)75-47(16-17-54(85)86)60(92)78-49(19-34(3)4)64(96)81-56(35(5)6)65(97)80-50(20-37-24-69-45-14-10-8-12-42(37)45)61(93)74-41(29-83)31-99-98-30-40(28-82)73-58(90)44(67)23-55(87)88/h8-15,24-26,28-29,32-36,40-41,44,47-52,56,69-70H,16-23,27,30-31,66-67H2,1-7H3,(H,68,72)(H,71,91)(H,73,90)(H,74,93)(H,75,84)(H,76,89)(H,77,95)(H,78,92)(H,79,94)(H,80,97)(H,81,96)(H,85,86)(H,87,88)/t36-,40+,41+,44-,47-,48-,49-,50-,51-,52-,56-/m0/s1. The molecule has 99 heavy (non-hydrogen) atoms. The largest absolute Gasteiger partial charge is 0.481 e. The Labute approximate surface area is 578 Å². The summed E-state index contributed by atoms with van der Waals surface area (Å²) in [4.78, 5) is 199. The molecule has 0 saturated heterocycles. The van der Waals surface area contributed by atoms with Crippen molar-refractivity contribution >= 4 is 127 Å². The number of aldehydes is 2. The minimum absolute atomic E-state index is 0.00433. The van der Waals surface area contributed by atoms with Crippen LogP contribution in [0.4, 0.5) is 0 Å². The van der Waals surface area contributed by atoms with Crippen LogP contribution in [0.2, 0.25) is 0 Å². The van der Waals surface area contributed by atoms with Crippen molar-refractivity contribution in [3.63, 3.8) is 0 Å². The summed E-state index contributed by atoms with van der Waals surface area (Å²) in [6, 6.07) is 0.229. The van der Waals surface area contributed by atoms with E-state index in [1.54, 1.807) is 78.2 Å². The molecule has 10 amide bonds. The van der Waals surface area contributed by atoms with E-state index in [0.717, 1.165) is 43.4 Å². The zero-order valence-corrected chi connectivity index (χ0v) is 57.6. The number of nitrogens with zero attached hydrogens (tertiary/aromatic N) is 1. The van der Waals surface area contributed by atoms with Crippen LogP contribution in [0.5, 0.6) is 0 Å². The first kappa shape index (κ1) is 80.0. The van der Waals surface area contributed by atoms with Crippen molar-refractivity contribution in [1.29, 1.82) is 0 Å². The lowest BCUT2D eigenvalue weighted by Gasteiger charge is -2.29. The van der Waals surface area contributed by atoms with Crippen LogP contribution in [-0.4, -0.2) is 198 Å². The molecule has 0 bridgehead atoms. The van der Waals surface area contributed by atoms with Crippen LogP contribution in [-0.2, 0) is 86.4 Å². The first-order chi connectivity index (χ1) is 47.0. The number of hydrogen-bond acceptors (Lipinski definition) is 19. The highest BCUT2D eigenvalue weighted by Crippen LogP contribution is 2.24. The van der Waals surface area contributed by atoms with Gasteiger partial charge in [0.05, 0.1) is 43.5 Å². The Morgan fingerprint density at radius 3 is 1.44 bits per heavy atom. The van der Waals surface area contributed by atoms with Crippen LogP contribution in [0.3, 0.4) is 0 Å². The lowest BCUT2D eigenvalue weighted by Crippen LogP contribution is -2.60. The number of benzene rings is 2. The van der Waals surface area contributed by atoms with Crippen molar-refractivity contribution in [3.8, 4) is 0 Å². The van der Waals surface area contributed by atoms with Gasteiger partial charge in [-0.25, -0.2) is 4.98 Å². The van der Waals surface area contributed by atoms with Crippen molar-refractivity contribution < 1.29 is 77.3 Å². The number of aromatic nitrogens is 4. The average Bonchev–Trinajstić information content (AvgIpc) is 1.76. The van der Waals surface area contributed by atoms with Crippen molar-refractivity contribution in [1.82, 2.24) is 73.1 Å². The van der Waals surface area contributed by atoms with Gasteiger partial charge in [-0.2, -0.15) is 0 Å². The average molecular weight is 1420 g/mol. The number of H-pyrrole nitrogens is 3. The van der Waals surface area contributed by atoms with Gasteiger partial charge in [0.2, 0.25) is 59.1 Å². The second-order valence-corrected chi connectivity index (χ2v) is 27.6. The van der Waals surface area contributed by atoms with E-state index in [2.05, 4.69) is 73.1 Å². The molecule has 5 rings (SSSR count). The van der Waals surface area contributed by atoms with Gasteiger partial charge in [-0.05, 0) is 67.2 Å². The Morgan fingerprint density at radius 2 is 0.970 bits per heavy atom. The van der Waals surface area contributed by atoms with Crippen molar-refractivity contribution in [2.45, 2.75) is 166 Å². The van der Waals surface area contributed by atoms with Crippen molar-refractivity contribution in [2.75, 3.05) is 18.1 Å². The van der Waals surface area contributed by atoms with Crippen LogP contribution in [0.1, 0.15) is 97.4 Å². The number of imidazole rings is 1. The third-order valence-electron chi connectivity index (χ3n) is 15.4. The number of nitrogens with one attached hydrogen (secondary N) is 13. The molecule has 0 aliphatic carbocycles. The Kier molecular flexibility index (Phi) is 32.1. The predicted octanol–water partition coefficient (Wildman–Crippen LogP) is -0.579. The highest BCUT2D eigenvalue weighted by Gasteiger charge is 2.36. The van der Waals surface area contributed by atoms with E-state index in [1.807, 2.05) is 24.3 Å². The van der Waals surface area contributed by atoms with Gasteiger partial charge in [-0.15, -0.1) is 0 Å². The maximum Gasteiger partial charge on any atom is 0.305 e. The summed E-state index contributed by atoms with van der Waals surface area (Å²) in [7, 11) is 2.13. The number of carbonyl (C=O) groups is 14. The molecule has 19 N–H and O–H groups in total. The fourth-order valence-corrected chi connectivity index (χ4v) is 12.5. The molecule has 0 saturated carbocycles. The number of aliphatic carboxylic acids is 2. The lowest BCUT2D eigenvalue weighted by atomic mass is 9.98. The number of carbonyl (C=O) groups excluding carboxylic acids is 12. The van der Waals surface area contributed by atoms with E-state index in [0.29, 0.717) is 29.4 Å². The van der Waals surface area contributed by atoms with E-state index < -0.39 is 169 Å². The number of carboxylic acids is 2. The molecule has 538 valence electrons. The zero-order chi connectivity index (χ0) is 73.0. The Morgan fingerprint density at radius 1 is 0.515 bits per heavy atom. The highest BCUT2D eigenvalue weighted by atomic mass is 33.1. The van der Waals surface area contributed by atoms with Gasteiger partial charge in [0.25, 0.3) is 0 Å². The number of nitrogens with two attached hydrogens (primary N) is 2. The van der Waals surface area contributed by atoms with Crippen LogP contribution in [0, 0.1) is 17.8 Å². The van der Waals surface area contributed by atoms with Gasteiger partial charge in [-0.3, -0.25) is 57.5 Å². The number of aromatic amines is 3. The summed E-state index contributed by atoms with van der Waals surface area (Å²) in [5.41, 5.74) is 14.7. The summed E-state index contributed by atoms with van der Waals surface area (Å²) in [6.07, 6.45) is 4.99. The van der Waals surface area contributed by atoms with Crippen molar-refractivity contribution in [2.24, 2.45) is 29.2 Å². The van der Waals surface area contributed by atoms with Gasteiger partial charge < -0.3 is 99.4 Å². The van der Waals surface area contributed by atoms with Gasteiger partial charge >= 0.3 is 11.9 Å². The summed E-state index contributed by atoms with van der Waals surface area (Å²) < 4.78 is 0. The van der Waals surface area contributed by atoms with Crippen LogP contribution < -0.4 is 64.6 Å². The molecule has 34 heteroatoms. The molecule has 32 nitrogen and oxygen atoms in total. The first-order valence-electron chi connectivity index (χ1n) is 32.1. The van der Waals surface area contributed by atoms with Crippen LogP contribution in [0.15, 0.2) is 73.4 Å². The Bertz CT molecular complexity index is 3620. The SMILES string of the molecule is CC(C)C[C@H](NC(=O)[C@H](Cc1cnc[nH]1)NC(=O)[C@H](Cc1c[nH]c2ccccc12)NC(=O)[C@H](C)N)C(=O)NCC(=O)N[C@@H](CCC(=O)O)C(=O)N[C@@H](CC(C)C)C(=O)N[C@H](C(=O)N[C@@H](Cc1c[nH]c2ccccc12)C(=O)N[C@H](C=O)CSSC[C@@H](C=O)NC(=O)[C@@H](N)CC(=O)O)C(C)C. The fourth-order valence-electron chi connectivity index (χ4n) is 10.3. The number of carboxylic acid groups (broad SMARTS) is 2. The quantitative estimate of drug-likeness (QED) is 0.0132. The third-order valence-corrected chi connectivity index (χ3v) is 17.9. The molecule has 0 fully saturated rings. The smallest absolute Gasteiger partial charge is 0.305 e. The minimum atomic E-state index is -1.61. The Balaban J connectivity index is 1.27. The van der Waals surface area contributed by atoms with E-state index >= 15 is 0 Å². The molecule has 11 atom stereocenters. The zero-order valence-electron chi connectivity index (χ0n) is 56.0.